The number of nitrogens with zero attached hydrogens (tertiary/aromatic N) is 1. The van der Waals surface area contributed by atoms with Crippen molar-refractivity contribution in [3.8, 4) is 11.4 Å². The van der Waals surface area contributed by atoms with Crippen LogP contribution in [-0.4, -0.2) is 25.1 Å². The van der Waals surface area contributed by atoms with Gasteiger partial charge in [-0.15, -0.1) is 0 Å². The number of carbonyl (C=O) groups is 1. The molecule has 204 valence electrons. The molecule has 1 aromatic heterocycles. The van der Waals surface area contributed by atoms with E-state index >= 15 is 0 Å². The molecule has 0 unspecified atom stereocenters. The monoisotopic (exact) mass is 548 g/mol. The smallest absolute Gasteiger partial charge is 0.236 e. The molecule has 0 atom stereocenters. The highest BCUT2D eigenvalue weighted by Gasteiger charge is 2.40. The van der Waals surface area contributed by atoms with Gasteiger partial charge < -0.3 is 9.30 Å². The zero-order valence-corrected chi connectivity index (χ0v) is 23.4. The molecule has 1 fully saturated rings. The van der Waals surface area contributed by atoms with Crippen molar-refractivity contribution in [1.29, 1.82) is 0 Å². The fraction of sp³-hybridized carbons (Fsp3) is 0.323. The van der Waals surface area contributed by atoms with E-state index in [9.17, 15) is 17.6 Å². The Morgan fingerprint density at radius 3 is 2.44 bits per heavy atom. The fourth-order valence-corrected chi connectivity index (χ4v) is 6.05. The Kier molecular flexibility index (Phi) is 7.25. The molecular weight excluding hydrogens is 515 g/mol. The lowest BCUT2D eigenvalue weighted by molar-refractivity contribution is -0.126. The van der Waals surface area contributed by atoms with E-state index in [0.29, 0.717) is 25.0 Å². The average molecular weight is 549 g/mol. The Morgan fingerprint density at radius 1 is 1.08 bits per heavy atom. The van der Waals surface area contributed by atoms with Crippen molar-refractivity contribution in [2.24, 2.45) is 5.92 Å². The van der Waals surface area contributed by atoms with Gasteiger partial charge in [-0.05, 0) is 84.7 Å². The molecule has 5 rings (SSSR count). The van der Waals surface area contributed by atoms with Gasteiger partial charge in [0.15, 0.2) is 0 Å². The molecule has 1 N–H and O–H groups in total. The SMILES string of the molecule is Cc1cc(-n2c(C(C)C)c([C@H]3C[C@@H](C(=O)NS(C)(=O)=O)C3)c3cc(OCc4ccccc4)ccc32)ccc1F. The molecule has 0 radical (unpaired) electrons. The Morgan fingerprint density at radius 2 is 1.79 bits per heavy atom. The highest BCUT2D eigenvalue weighted by atomic mass is 32.2. The van der Waals surface area contributed by atoms with E-state index in [1.165, 1.54) is 6.07 Å². The maximum Gasteiger partial charge on any atom is 0.236 e. The average Bonchev–Trinajstić information content (AvgIpc) is 3.17. The van der Waals surface area contributed by atoms with Gasteiger partial charge in [-0.2, -0.15) is 0 Å². The summed E-state index contributed by atoms with van der Waals surface area (Å²) in [5.74, 6) is -0.126. The summed E-state index contributed by atoms with van der Waals surface area (Å²) in [7, 11) is -3.61. The molecule has 0 aliphatic heterocycles. The number of fused-ring (bicyclic) bond motifs is 1. The van der Waals surface area contributed by atoms with E-state index in [1.807, 2.05) is 48.5 Å². The van der Waals surface area contributed by atoms with Gasteiger partial charge in [-0.3, -0.25) is 9.52 Å². The van der Waals surface area contributed by atoms with Crippen LogP contribution in [0.25, 0.3) is 16.6 Å². The van der Waals surface area contributed by atoms with Gasteiger partial charge in [-0.25, -0.2) is 12.8 Å². The third kappa shape index (κ3) is 5.57. The molecule has 1 aliphatic carbocycles. The summed E-state index contributed by atoms with van der Waals surface area (Å²) in [5, 5.41) is 1.03. The molecule has 39 heavy (non-hydrogen) atoms. The Labute approximate surface area is 228 Å². The van der Waals surface area contributed by atoms with Gasteiger partial charge >= 0.3 is 0 Å². The molecule has 0 bridgehead atoms. The molecule has 4 aromatic rings. The van der Waals surface area contributed by atoms with Gasteiger partial charge in [0.05, 0.1) is 11.8 Å². The van der Waals surface area contributed by atoms with Gasteiger partial charge in [0.25, 0.3) is 0 Å². The lowest BCUT2D eigenvalue weighted by Gasteiger charge is -2.35. The van der Waals surface area contributed by atoms with Crippen LogP contribution >= 0.6 is 0 Å². The fourth-order valence-electron chi connectivity index (χ4n) is 5.52. The van der Waals surface area contributed by atoms with Crippen LogP contribution in [0.1, 0.15) is 60.9 Å². The van der Waals surface area contributed by atoms with E-state index in [4.69, 9.17) is 4.74 Å². The molecular formula is C31H33FN2O4S. The van der Waals surface area contributed by atoms with Crippen LogP contribution in [0.4, 0.5) is 4.39 Å². The van der Waals surface area contributed by atoms with Crippen molar-refractivity contribution in [2.45, 2.75) is 52.1 Å². The second kappa shape index (κ2) is 10.5. The highest BCUT2D eigenvalue weighted by molar-refractivity contribution is 7.89. The minimum Gasteiger partial charge on any atom is -0.489 e. The second-order valence-electron chi connectivity index (χ2n) is 10.8. The van der Waals surface area contributed by atoms with Crippen molar-refractivity contribution in [2.75, 3.05) is 6.26 Å². The largest absolute Gasteiger partial charge is 0.489 e. The third-order valence-corrected chi connectivity index (χ3v) is 7.99. The number of hydrogen-bond acceptors (Lipinski definition) is 4. The molecule has 3 aromatic carbocycles. The predicted molar refractivity (Wildman–Crippen MR) is 151 cm³/mol. The molecule has 1 amide bonds. The molecule has 0 saturated heterocycles. The van der Waals surface area contributed by atoms with Crippen molar-refractivity contribution < 1.29 is 22.3 Å². The van der Waals surface area contributed by atoms with Gasteiger partial charge in [0, 0.05) is 22.7 Å². The first-order valence-electron chi connectivity index (χ1n) is 13.1. The van der Waals surface area contributed by atoms with Crippen molar-refractivity contribution in [1.82, 2.24) is 9.29 Å². The minimum absolute atomic E-state index is 0.0763. The molecule has 8 heteroatoms. The summed E-state index contributed by atoms with van der Waals surface area (Å²) in [6, 6.07) is 21.1. The van der Waals surface area contributed by atoms with Gasteiger partial charge in [0.1, 0.15) is 18.2 Å². The number of ether oxygens (including phenoxy) is 1. The molecule has 0 spiro atoms. The summed E-state index contributed by atoms with van der Waals surface area (Å²) in [6.07, 6.45) is 2.10. The van der Waals surface area contributed by atoms with Crippen LogP contribution in [-0.2, 0) is 21.4 Å². The van der Waals surface area contributed by atoms with Gasteiger partial charge in [0.2, 0.25) is 15.9 Å². The summed E-state index contributed by atoms with van der Waals surface area (Å²) in [5.41, 5.74) is 5.72. The number of benzene rings is 3. The van der Waals surface area contributed by atoms with Crippen molar-refractivity contribution in [3.05, 3.63) is 94.9 Å². The quantitative estimate of drug-likeness (QED) is 0.278. The topological polar surface area (TPSA) is 77.4 Å². The predicted octanol–water partition coefficient (Wildman–Crippen LogP) is 6.35. The van der Waals surface area contributed by atoms with Crippen LogP contribution < -0.4 is 9.46 Å². The van der Waals surface area contributed by atoms with Crippen LogP contribution in [0.5, 0.6) is 5.75 Å². The zero-order chi connectivity index (χ0) is 27.9. The molecule has 1 saturated carbocycles. The number of sulfonamides is 1. The molecule has 1 aliphatic rings. The first-order valence-corrected chi connectivity index (χ1v) is 15.0. The molecule has 6 nitrogen and oxygen atoms in total. The lowest BCUT2D eigenvalue weighted by Crippen LogP contribution is -2.40. The maximum atomic E-state index is 14.2. The van der Waals surface area contributed by atoms with Crippen molar-refractivity contribution in [3.63, 3.8) is 0 Å². The van der Waals surface area contributed by atoms with Crippen LogP contribution in [0.3, 0.4) is 0 Å². The number of carbonyl (C=O) groups excluding carboxylic acids is 1. The standard InChI is InChI=1S/C31H33FN2O4S/c1-19(2)30-29(22-15-23(16-22)31(35)33-39(4,36)37)26-17-25(38-18-21-8-6-5-7-9-21)11-13-28(26)34(30)24-10-12-27(32)20(3)14-24/h5-14,17,19,22-23H,15-16,18H2,1-4H3,(H,33,35)/t22-,23+. The van der Waals surface area contributed by atoms with E-state index in [-0.39, 0.29) is 23.6 Å². The number of amides is 1. The first-order chi connectivity index (χ1) is 18.5. The Bertz CT molecular complexity index is 1640. The lowest BCUT2D eigenvalue weighted by atomic mass is 9.69. The van der Waals surface area contributed by atoms with Crippen LogP contribution in [0, 0.1) is 18.7 Å². The van der Waals surface area contributed by atoms with Crippen molar-refractivity contribution >= 4 is 26.8 Å². The van der Waals surface area contributed by atoms with E-state index in [1.54, 1.807) is 13.0 Å². The minimum atomic E-state index is -3.61. The number of halogens is 1. The zero-order valence-electron chi connectivity index (χ0n) is 22.6. The van der Waals surface area contributed by atoms with E-state index < -0.39 is 15.9 Å². The second-order valence-corrected chi connectivity index (χ2v) is 12.5. The summed E-state index contributed by atoms with van der Waals surface area (Å²) in [4.78, 5) is 12.5. The normalized spacial score (nSPS) is 17.3. The number of nitrogens with one attached hydrogen (secondary N) is 1. The van der Waals surface area contributed by atoms with E-state index in [0.717, 1.165) is 45.4 Å². The Balaban J connectivity index is 1.59. The summed E-state index contributed by atoms with van der Waals surface area (Å²) in [6.45, 7) is 6.45. The van der Waals surface area contributed by atoms with Crippen LogP contribution in [0.15, 0.2) is 66.7 Å². The number of hydrogen-bond donors (Lipinski definition) is 1. The Hall–Kier alpha value is -3.65. The first kappa shape index (κ1) is 26.9. The van der Waals surface area contributed by atoms with Gasteiger partial charge in [-0.1, -0.05) is 44.2 Å². The number of aryl methyl sites for hydroxylation is 1. The third-order valence-electron chi connectivity index (χ3n) is 7.41. The van der Waals surface area contributed by atoms with E-state index in [2.05, 4.69) is 29.2 Å². The van der Waals surface area contributed by atoms with Crippen LogP contribution in [0.2, 0.25) is 0 Å². The summed E-state index contributed by atoms with van der Waals surface area (Å²) >= 11 is 0. The highest BCUT2D eigenvalue weighted by Crippen LogP contribution is 2.49. The molecule has 1 heterocycles. The maximum absolute atomic E-state index is 14.2. The summed E-state index contributed by atoms with van der Waals surface area (Å²) < 4.78 is 47.9. The number of rotatable bonds is 8. The number of aromatic nitrogens is 1.